The number of hydrogen-bond acceptors (Lipinski definition) is 5. The van der Waals surface area contributed by atoms with Crippen LogP contribution in [0.15, 0.2) is 54.7 Å². The maximum atomic E-state index is 12.8. The van der Waals surface area contributed by atoms with Crippen LogP contribution in [0.25, 0.3) is 0 Å². The van der Waals surface area contributed by atoms with Gasteiger partial charge in [-0.25, -0.2) is 0 Å². The quantitative estimate of drug-likeness (QED) is 0.718. The van der Waals surface area contributed by atoms with Gasteiger partial charge in [-0.15, -0.1) is 5.10 Å². The number of hydrogen-bond donors (Lipinski definition) is 2. The summed E-state index contributed by atoms with van der Waals surface area (Å²) in [4.78, 5) is 4.20. The van der Waals surface area contributed by atoms with Crippen LogP contribution in [-0.2, 0) is 6.18 Å². The summed E-state index contributed by atoms with van der Waals surface area (Å²) in [7, 11) is 0. The molecule has 0 bridgehead atoms. The summed E-state index contributed by atoms with van der Waals surface area (Å²) in [6.07, 6.45) is -2.98. The zero-order valence-electron chi connectivity index (χ0n) is 13.2. The van der Waals surface area contributed by atoms with Crippen molar-refractivity contribution in [1.29, 1.82) is 0 Å². The summed E-state index contributed by atoms with van der Waals surface area (Å²) < 4.78 is 38.3. The van der Waals surface area contributed by atoms with Crippen molar-refractivity contribution in [3.05, 3.63) is 65.9 Å². The van der Waals surface area contributed by atoms with Gasteiger partial charge in [0, 0.05) is 11.4 Å². The zero-order valence-corrected chi connectivity index (χ0v) is 13.2. The summed E-state index contributed by atoms with van der Waals surface area (Å²) in [6, 6.07) is 12.5. The van der Waals surface area contributed by atoms with Crippen LogP contribution < -0.4 is 10.6 Å². The SMILES string of the molecule is Cc1ccc(Nc2cnnc(Nc3cccc(C(F)(F)F)c3)n2)cc1. The number of aromatic nitrogens is 3. The van der Waals surface area contributed by atoms with Crippen molar-refractivity contribution in [1.82, 2.24) is 15.2 Å². The van der Waals surface area contributed by atoms with E-state index in [9.17, 15) is 13.2 Å². The maximum Gasteiger partial charge on any atom is 0.416 e. The van der Waals surface area contributed by atoms with E-state index in [1.165, 1.54) is 18.3 Å². The van der Waals surface area contributed by atoms with E-state index >= 15 is 0 Å². The molecule has 0 atom stereocenters. The zero-order chi connectivity index (χ0) is 17.9. The van der Waals surface area contributed by atoms with Crippen molar-refractivity contribution < 1.29 is 13.2 Å². The predicted molar refractivity (Wildman–Crippen MR) is 89.0 cm³/mol. The van der Waals surface area contributed by atoms with Crippen LogP contribution in [0.2, 0.25) is 0 Å². The third-order valence-corrected chi connectivity index (χ3v) is 3.33. The molecule has 8 heteroatoms. The highest BCUT2D eigenvalue weighted by molar-refractivity contribution is 5.59. The molecular weight excluding hydrogens is 331 g/mol. The first-order chi connectivity index (χ1) is 11.9. The fraction of sp³-hybridized carbons (Fsp3) is 0.118. The summed E-state index contributed by atoms with van der Waals surface area (Å²) in [5.74, 6) is 0.518. The fourth-order valence-corrected chi connectivity index (χ4v) is 2.10. The Morgan fingerprint density at radius 2 is 1.68 bits per heavy atom. The molecule has 0 aliphatic rings. The van der Waals surface area contributed by atoms with Gasteiger partial charge >= 0.3 is 6.18 Å². The number of benzene rings is 2. The van der Waals surface area contributed by atoms with Gasteiger partial charge < -0.3 is 10.6 Å². The smallest absolute Gasteiger partial charge is 0.339 e. The van der Waals surface area contributed by atoms with E-state index in [1.807, 2.05) is 31.2 Å². The number of rotatable bonds is 4. The van der Waals surface area contributed by atoms with Gasteiger partial charge in [0.1, 0.15) is 0 Å². The number of nitrogens with zero attached hydrogens (tertiary/aromatic N) is 3. The number of nitrogens with one attached hydrogen (secondary N) is 2. The van der Waals surface area contributed by atoms with Crippen molar-refractivity contribution >= 4 is 23.1 Å². The average Bonchev–Trinajstić information content (AvgIpc) is 2.57. The van der Waals surface area contributed by atoms with Gasteiger partial charge in [0.2, 0.25) is 5.95 Å². The Balaban J connectivity index is 1.77. The van der Waals surface area contributed by atoms with Gasteiger partial charge in [-0.1, -0.05) is 23.8 Å². The lowest BCUT2D eigenvalue weighted by atomic mass is 10.2. The van der Waals surface area contributed by atoms with E-state index in [0.29, 0.717) is 5.82 Å². The maximum absolute atomic E-state index is 12.8. The van der Waals surface area contributed by atoms with Crippen LogP contribution in [0.5, 0.6) is 0 Å². The minimum atomic E-state index is -4.41. The first-order valence-corrected chi connectivity index (χ1v) is 7.38. The molecule has 0 spiro atoms. The molecule has 0 aliphatic heterocycles. The summed E-state index contributed by atoms with van der Waals surface area (Å²) >= 11 is 0. The summed E-state index contributed by atoms with van der Waals surface area (Å²) in [5.41, 5.74) is 1.41. The van der Waals surface area contributed by atoms with E-state index in [1.54, 1.807) is 0 Å². The molecule has 0 saturated heterocycles. The van der Waals surface area contributed by atoms with E-state index in [2.05, 4.69) is 25.8 Å². The van der Waals surface area contributed by atoms with Gasteiger partial charge in [-0.05, 0) is 37.3 Å². The van der Waals surface area contributed by atoms with Crippen LogP contribution in [0, 0.1) is 6.92 Å². The summed E-state index contributed by atoms with van der Waals surface area (Å²) in [6.45, 7) is 1.98. The Morgan fingerprint density at radius 1 is 0.920 bits per heavy atom. The van der Waals surface area contributed by atoms with Crippen molar-refractivity contribution in [3.63, 3.8) is 0 Å². The minimum absolute atomic E-state index is 0.0939. The highest BCUT2D eigenvalue weighted by Gasteiger charge is 2.30. The largest absolute Gasteiger partial charge is 0.416 e. The van der Waals surface area contributed by atoms with Crippen molar-refractivity contribution in [3.8, 4) is 0 Å². The number of aryl methyl sites for hydroxylation is 1. The summed E-state index contributed by atoms with van der Waals surface area (Å²) in [5, 5.41) is 13.4. The van der Waals surface area contributed by atoms with Crippen LogP contribution in [0.4, 0.5) is 36.3 Å². The monoisotopic (exact) mass is 345 g/mol. The Hall–Kier alpha value is -3.16. The van der Waals surface area contributed by atoms with E-state index in [0.717, 1.165) is 23.4 Å². The van der Waals surface area contributed by atoms with Crippen LogP contribution >= 0.6 is 0 Å². The molecule has 0 amide bonds. The second kappa shape index (κ2) is 6.76. The third kappa shape index (κ3) is 4.43. The van der Waals surface area contributed by atoms with Crippen LogP contribution in [0.1, 0.15) is 11.1 Å². The molecular formula is C17H14F3N5. The van der Waals surface area contributed by atoms with E-state index in [-0.39, 0.29) is 11.6 Å². The molecule has 1 aromatic heterocycles. The molecule has 1 heterocycles. The van der Waals surface area contributed by atoms with Gasteiger partial charge in [-0.3, -0.25) is 0 Å². The van der Waals surface area contributed by atoms with Gasteiger partial charge in [0.05, 0.1) is 11.8 Å². The lowest BCUT2D eigenvalue weighted by Crippen LogP contribution is -2.06. The number of anilines is 4. The second-order valence-electron chi connectivity index (χ2n) is 5.36. The fourth-order valence-electron chi connectivity index (χ4n) is 2.10. The molecule has 2 N–H and O–H groups in total. The van der Waals surface area contributed by atoms with Crippen LogP contribution in [0.3, 0.4) is 0 Å². The van der Waals surface area contributed by atoms with E-state index < -0.39 is 11.7 Å². The highest BCUT2D eigenvalue weighted by atomic mass is 19.4. The third-order valence-electron chi connectivity index (χ3n) is 3.33. The molecule has 0 radical (unpaired) electrons. The van der Waals surface area contributed by atoms with Crippen LogP contribution in [-0.4, -0.2) is 15.2 Å². The molecule has 2 aromatic carbocycles. The normalized spacial score (nSPS) is 11.2. The molecule has 3 aromatic rings. The van der Waals surface area contributed by atoms with Gasteiger partial charge in [-0.2, -0.15) is 23.3 Å². The minimum Gasteiger partial charge on any atom is -0.339 e. The molecule has 0 saturated carbocycles. The molecule has 0 unspecified atom stereocenters. The molecule has 25 heavy (non-hydrogen) atoms. The van der Waals surface area contributed by atoms with Gasteiger partial charge in [0.15, 0.2) is 5.82 Å². The first kappa shape index (κ1) is 16.7. The first-order valence-electron chi connectivity index (χ1n) is 7.38. The lowest BCUT2D eigenvalue weighted by Gasteiger charge is -2.10. The van der Waals surface area contributed by atoms with Crippen molar-refractivity contribution in [2.75, 3.05) is 10.6 Å². The van der Waals surface area contributed by atoms with Crippen molar-refractivity contribution in [2.45, 2.75) is 13.1 Å². The lowest BCUT2D eigenvalue weighted by molar-refractivity contribution is -0.137. The molecule has 128 valence electrons. The Labute approximate surface area is 141 Å². The average molecular weight is 345 g/mol. The van der Waals surface area contributed by atoms with Crippen molar-refractivity contribution in [2.24, 2.45) is 0 Å². The molecule has 5 nitrogen and oxygen atoms in total. The molecule has 0 aliphatic carbocycles. The Morgan fingerprint density at radius 3 is 2.40 bits per heavy atom. The number of alkyl halides is 3. The highest BCUT2D eigenvalue weighted by Crippen LogP contribution is 2.31. The standard InChI is InChI=1S/C17H14F3N5/c1-11-5-7-13(8-6-11)22-15-10-21-25-16(24-15)23-14-4-2-3-12(9-14)17(18,19)20/h2-10H,1H3,(H2,22,23,24,25). The topological polar surface area (TPSA) is 62.7 Å². The number of halogens is 3. The predicted octanol–water partition coefficient (Wildman–Crippen LogP) is 4.69. The van der Waals surface area contributed by atoms with Gasteiger partial charge in [0.25, 0.3) is 0 Å². The second-order valence-corrected chi connectivity index (χ2v) is 5.36. The van der Waals surface area contributed by atoms with E-state index in [4.69, 9.17) is 0 Å². The molecule has 0 fully saturated rings. The molecule has 3 rings (SSSR count). The Bertz CT molecular complexity index is 863. The Kier molecular flexibility index (Phi) is 4.51.